The first-order valence-corrected chi connectivity index (χ1v) is 5.07. The van der Waals surface area contributed by atoms with E-state index in [1.165, 1.54) is 10.8 Å². The number of rotatable bonds is 3. The Hall–Kier alpha value is -1.79. The van der Waals surface area contributed by atoms with Crippen LogP contribution in [0.4, 0.5) is 19.0 Å². The summed E-state index contributed by atoms with van der Waals surface area (Å²) in [7, 11) is 0. The summed E-state index contributed by atoms with van der Waals surface area (Å²) >= 11 is 0. The van der Waals surface area contributed by atoms with Crippen LogP contribution in [0, 0.1) is 6.92 Å². The Labute approximate surface area is 95.5 Å². The average Bonchev–Trinajstić information content (AvgIpc) is 2.63. The maximum absolute atomic E-state index is 12.0. The first kappa shape index (κ1) is 11.7. The third kappa shape index (κ3) is 2.86. The third-order valence-electron chi connectivity index (χ3n) is 2.24. The van der Waals surface area contributed by atoms with Gasteiger partial charge in [0.2, 0.25) is 0 Å². The van der Waals surface area contributed by atoms with E-state index in [0.717, 1.165) is 5.56 Å². The second-order valence-corrected chi connectivity index (χ2v) is 3.74. The van der Waals surface area contributed by atoms with Gasteiger partial charge in [0.05, 0.1) is 6.42 Å². The van der Waals surface area contributed by atoms with Gasteiger partial charge in [-0.2, -0.15) is 22.8 Å². The molecule has 0 aromatic carbocycles. The molecule has 4 nitrogen and oxygen atoms in total. The number of nitrogens with zero attached hydrogens (tertiary/aromatic N) is 3. The van der Waals surface area contributed by atoms with Gasteiger partial charge in [-0.1, -0.05) is 0 Å². The Morgan fingerprint density at radius 3 is 2.82 bits per heavy atom. The minimum atomic E-state index is -4.15. The number of aromatic nitrogens is 3. The van der Waals surface area contributed by atoms with E-state index < -0.39 is 12.6 Å². The van der Waals surface area contributed by atoms with Crippen LogP contribution < -0.4 is 5.32 Å². The molecule has 0 aliphatic heterocycles. The van der Waals surface area contributed by atoms with Crippen molar-refractivity contribution < 1.29 is 13.2 Å². The molecule has 17 heavy (non-hydrogen) atoms. The number of hydrogen-bond donors (Lipinski definition) is 1. The minimum Gasteiger partial charge on any atom is -0.370 e. The Morgan fingerprint density at radius 1 is 1.35 bits per heavy atom. The number of anilines is 1. The molecule has 0 atom stereocenters. The van der Waals surface area contributed by atoms with Crippen LogP contribution in [0.5, 0.6) is 0 Å². The Balaban J connectivity index is 2.15. The second kappa shape index (κ2) is 4.23. The average molecular weight is 244 g/mol. The second-order valence-electron chi connectivity index (χ2n) is 3.74. The maximum atomic E-state index is 12.0. The van der Waals surface area contributed by atoms with E-state index in [2.05, 4.69) is 15.4 Å². The number of alkyl halides is 3. The van der Waals surface area contributed by atoms with Crippen molar-refractivity contribution >= 4 is 11.5 Å². The summed E-state index contributed by atoms with van der Waals surface area (Å²) in [5.41, 5.74) is 1.53. The monoisotopic (exact) mass is 244 g/mol. The number of hydrogen-bond acceptors (Lipinski definition) is 3. The van der Waals surface area contributed by atoms with Gasteiger partial charge in [0.1, 0.15) is 12.1 Å². The number of pyridine rings is 1. The fraction of sp³-hybridized carbons (Fsp3) is 0.400. The van der Waals surface area contributed by atoms with Crippen molar-refractivity contribution in [3.05, 3.63) is 24.0 Å². The van der Waals surface area contributed by atoms with Gasteiger partial charge < -0.3 is 5.32 Å². The van der Waals surface area contributed by atoms with E-state index in [1.807, 2.05) is 13.0 Å². The molecule has 0 saturated heterocycles. The molecular formula is C10H11F3N4. The topological polar surface area (TPSA) is 42.2 Å². The van der Waals surface area contributed by atoms with Crippen molar-refractivity contribution in [2.24, 2.45) is 0 Å². The zero-order valence-corrected chi connectivity index (χ0v) is 9.12. The molecule has 0 amide bonds. The smallest absolute Gasteiger partial charge is 0.370 e. The molecule has 0 aliphatic rings. The van der Waals surface area contributed by atoms with Crippen molar-refractivity contribution in [1.29, 1.82) is 0 Å². The van der Waals surface area contributed by atoms with Gasteiger partial charge >= 0.3 is 6.18 Å². The summed E-state index contributed by atoms with van der Waals surface area (Å²) < 4.78 is 37.5. The van der Waals surface area contributed by atoms with Crippen molar-refractivity contribution in [1.82, 2.24) is 14.6 Å². The van der Waals surface area contributed by atoms with Gasteiger partial charge in [-0.05, 0) is 24.6 Å². The van der Waals surface area contributed by atoms with E-state index in [-0.39, 0.29) is 6.54 Å². The summed E-state index contributed by atoms with van der Waals surface area (Å²) in [6.07, 6.45) is -3.67. The molecular weight excluding hydrogens is 233 g/mol. The molecule has 92 valence electrons. The molecule has 0 bridgehead atoms. The molecule has 7 heteroatoms. The van der Waals surface area contributed by atoms with Gasteiger partial charge in [0.15, 0.2) is 5.65 Å². The lowest BCUT2D eigenvalue weighted by Gasteiger charge is -2.10. The van der Waals surface area contributed by atoms with E-state index in [4.69, 9.17) is 0 Å². The highest BCUT2D eigenvalue weighted by atomic mass is 19.4. The van der Waals surface area contributed by atoms with Crippen molar-refractivity contribution in [2.45, 2.75) is 19.5 Å². The molecule has 1 N–H and O–H groups in total. The zero-order valence-electron chi connectivity index (χ0n) is 9.12. The van der Waals surface area contributed by atoms with Gasteiger partial charge in [-0.3, -0.25) is 0 Å². The standard InChI is InChI=1S/C10H11F3N4/c1-7-4-8(14-3-2-10(11,12)13)17-9(5-7)15-6-16-17/h4-6,14H,2-3H2,1H3. The van der Waals surface area contributed by atoms with Crippen molar-refractivity contribution in [2.75, 3.05) is 11.9 Å². The highest BCUT2D eigenvalue weighted by molar-refractivity contribution is 5.51. The molecule has 2 rings (SSSR count). The lowest BCUT2D eigenvalue weighted by atomic mass is 10.3. The lowest BCUT2D eigenvalue weighted by Crippen LogP contribution is -2.16. The molecule has 2 aromatic rings. The fourth-order valence-corrected chi connectivity index (χ4v) is 1.51. The van der Waals surface area contributed by atoms with Crippen LogP contribution in [0.2, 0.25) is 0 Å². The molecule has 0 unspecified atom stereocenters. The predicted octanol–water partition coefficient (Wildman–Crippen LogP) is 2.40. The van der Waals surface area contributed by atoms with Crippen LogP contribution in [0.1, 0.15) is 12.0 Å². The highest BCUT2D eigenvalue weighted by Crippen LogP contribution is 2.20. The molecule has 2 aromatic heterocycles. The number of halogens is 3. The maximum Gasteiger partial charge on any atom is 0.390 e. The SMILES string of the molecule is Cc1cc(NCCC(F)(F)F)n2ncnc2c1. The van der Waals surface area contributed by atoms with Gasteiger partial charge in [0.25, 0.3) is 0 Å². The summed E-state index contributed by atoms with van der Waals surface area (Å²) in [6, 6.07) is 3.54. The summed E-state index contributed by atoms with van der Waals surface area (Å²) in [6.45, 7) is 1.67. The molecule has 0 fully saturated rings. The first-order chi connectivity index (χ1) is 7.96. The third-order valence-corrected chi connectivity index (χ3v) is 2.24. The first-order valence-electron chi connectivity index (χ1n) is 5.07. The van der Waals surface area contributed by atoms with E-state index in [0.29, 0.717) is 11.5 Å². The normalized spacial score (nSPS) is 12.0. The van der Waals surface area contributed by atoms with E-state index in [9.17, 15) is 13.2 Å². The molecule has 0 radical (unpaired) electrons. The van der Waals surface area contributed by atoms with Crippen LogP contribution >= 0.6 is 0 Å². The summed E-state index contributed by atoms with van der Waals surface area (Å²) in [4.78, 5) is 3.99. The largest absolute Gasteiger partial charge is 0.390 e. The molecule has 0 aliphatic carbocycles. The quantitative estimate of drug-likeness (QED) is 0.901. The van der Waals surface area contributed by atoms with E-state index in [1.54, 1.807) is 6.07 Å². The van der Waals surface area contributed by atoms with Crippen LogP contribution in [-0.2, 0) is 0 Å². The van der Waals surface area contributed by atoms with Crippen molar-refractivity contribution in [3.8, 4) is 0 Å². The van der Waals surface area contributed by atoms with Gasteiger partial charge in [0, 0.05) is 6.54 Å². The number of fused-ring (bicyclic) bond motifs is 1. The van der Waals surface area contributed by atoms with Crippen LogP contribution in [-0.4, -0.2) is 27.3 Å². The Kier molecular flexibility index (Phi) is 2.91. The summed E-state index contributed by atoms with van der Waals surface area (Å²) in [5.74, 6) is 0.516. The zero-order chi connectivity index (χ0) is 12.5. The Morgan fingerprint density at radius 2 is 2.12 bits per heavy atom. The molecule has 0 spiro atoms. The Bertz CT molecular complexity index is 518. The minimum absolute atomic E-state index is 0.179. The number of aryl methyl sites for hydroxylation is 1. The van der Waals surface area contributed by atoms with Gasteiger partial charge in [-0.25, -0.2) is 4.98 Å². The van der Waals surface area contributed by atoms with Crippen molar-refractivity contribution in [3.63, 3.8) is 0 Å². The predicted molar refractivity (Wildman–Crippen MR) is 56.9 cm³/mol. The van der Waals surface area contributed by atoms with Crippen LogP contribution in [0.25, 0.3) is 5.65 Å². The van der Waals surface area contributed by atoms with Gasteiger partial charge in [-0.15, -0.1) is 0 Å². The lowest BCUT2D eigenvalue weighted by molar-refractivity contribution is -0.131. The summed E-state index contributed by atoms with van der Waals surface area (Å²) in [5, 5.41) is 6.65. The molecule has 0 saturated carbocycles. The highest BCUT2D eigenvalue weighted by Gasteiger charge is 2.26. The van der Waals surface area contributed by atoms with E-state index >= 15 is 0 Å². The molecule has 2 heterocycles. The van der Waals surface area contributed by atoms with Crippen LogP contribution in [0.15, 0.2) is 18.5 Å². The van der Waals surface area contributed by atoms with Crippen LogP contribution in [0.3, 0.4) is 0 Å². The fourth-order valence-electron chi connectivity index (χ4n) is 1.51. The number of nitrogens with one attached hydrogen (secondary N) is 1.